The fraction of sp³-hybridized carbons (Fsp3) is 0.636. The van der Waals surface area contributed by atoms with Gasteiger partial charge >= 0.3 is 0 Å². The molecule has 1 aromatic carbocycles. The van der Waals surface area contributed by atoms with Gasteiger partial charge in [0.1, 0.15) is 5.75 Å². The van der Waals surface area contributed by atoms with Gasteiger partial charge in [0.2, 0.25) is 0 Å². The zero-order valence-corrected chi connectivity index (χ0v) is 18.6. The van der Waals surface area contributed by atoms with Crippen molar-refractivity contribution in [2.24, 2.45) is 0 Å². The van der Waals surface area contributed by atoms with Gasteiger partial charge in [-0.3, -0.25) is 0 Å². The van der Waals surface area contributed by atoms with Crippen molar-refractivity contribution in [3.63, 3.8) is 0 Å². The van der Waals surface area contributed by atoms with Crippen LogP contribution in [0.4, 0.5) is 0 Å². The van der Waals surface area contributed by atoms with Crippen LogP contribution in [-0.2, 0) is 15.8 Å². The third-order valence-electron chi connectivity index (χ3n) is 4.91. The molecule has 0 aliphatic carbocycles. The molecule has 0 radical (unpaired) electrons. The zero-order valence-electron chi connectivity index (χ0n) is 17.6. The van der Waals surface area contributed by atoms with E-state index in [1.807, 2.05) is 24.3 Å². The molecule has 0 saturated heterocycles. The molecule has 0 saturated carbocycles. The molecule has 1 rings (SSSR count). The van der Waals surface area contributed by atoms with Gasteiger partial charge in [0.05, 0.1) is 19.8 Å². The van der Waals surface area contributed by atoms with Crippen LogP contribution >= 0.6 is 0 Å². The molecule has 0 spiro atoms. The molecule has 26 heavy (non-hydrogen) atoms. The molecule has 146 valence electrons. The molecular formula is C22H36O3Si. The normalized spacial score (nSPS) is 13.0. The van der Waals surface area contributed by atoms with E-state index in [-0.39, 0.29) is 11.1 Å². The Bertz CT molecular complexity index is 576. The standard InChI is InChI=1S/C22H36O3Si/c1-8-9-10-11-21(25-26(6,7)22(2,3)4)16-17-24-18-19-12-14-20(23-5)15-13-19/h12-15,21H,8,11,16-18H2,1-7H3/t21-/m1/s1. The lowest BCUT2D eigenvalue weighted by molar-refractivity contribution is 0.0790. The van der Waals surface area contributed by atoms with E-state index in [0.29, 0.717) is 13.2 Å². The van der Waals surface area contributed by atoms with Gasteiger partial charge < -0.3 is 13.9 Å². The van der Waals surface area contributed by atoms with Gasteiger partial charge in [-0.2, -0.15) is 0 Å². The Morgan fingerprint density at radius 2 is 1.73 bits per heavy atom. The second-order valence-corrected chi connectivity index (χ2v) is 12.9. The highest BCUT2D eigenvalue weighted by Gasteiger charge is 2.38. The number of hydrogen-bond donors (Lipinski definition) is 0. The summed E-state index contributed by atoms with van der Waals surface area (Å²) in [5, 5.41) is 0.202. The Kier molecular flexibility index (Phi) is 9.42. The number of methoxy groups -OCH3 is 1. The summed E-state index contributed by atoms with van der Waals surface area (Å²) in [7, 11) is -0.124. The lowest BCUT2D eigenvalue weighted by Crippen LogP contribution is -2.44. The monoisotopic (exact) mass is 376 g/mol. The van der Waals surface area contributed by atoms with Crippen molar-refractivity contribution in [2.75, 3.05) is 13.7 Å². The minimum Gasteiger partial charge on any atom is -0.497 e. The molecule has 3 nitrogen and oxygen atoms in total. The molecule has 0 aromatic heterocycles. The van der Waals surface area contributed by atoms with Gasteiger partial charge in [-0.25, -0.2) is 0 Å². The molecule has 0 amide bonds. The lowest BCUT2D eigenvalue weighted by Gasteiger charge is -2.39. The van der Waals surface area contributed by atoms with E-state index in [2.05, 4.69) is 52.6 Å². The van der Waals surface area contributed by atoms with Crippen molar-refractivity contribution in [1.29, 1.82) is 0 Å². The maximum atomic E-state index is 6.57. The summed E-state index contributed by atoms with van der Waals surface area (Å²) in [5.74, 6) is 7.29. The number of benzene rings is 1. The molecule has 1 aromatic rings. The first-order valence-electron chi connectivity index (χ1n) is 9.54. The Balaban J connectivity index is 2.54. The fourth-order valence-corrected chi connectivity index (χ4v) is 3.62. The van der Waals surface area contributed by atoms with Crippen LogP contribution in [0.1, 0.15) is 52.5 Å². The van der Waals surface area contributed by atoms with E-state index < -0.39 is 8.32 Å². The van der Waals surface area contributed by atoms with E-state index in [4.69, 9.17) is 13.9 Å². The van der Waals surface area contributed by atoms with E-state index in [0.717, 1.165) is 30.6 Å². The van der Waals surface area contributed by atoms with Crippen LogP contribution < -0.4 is 4.74 Å². The Labute approximate surface area is 161 Å². The van der Waals surface area contributed by atoms with Crippen LogP contribution in [0.2, 0.25) is 18.1 Å². The second-order valence-electron chi connectivity index (χ2n) is 8.10. The molecule has 0 aliphatic rings. The highest BCUT2D eigenvalue weighted by Crippen LogP contribution is 2.37. The minimum absolute atomic E-state index is 0.144. The third kappa shape index (κ3) is 7.95. The van der Waals surface area contributed by atoms with Crippen molar-refractivity contribution in [2.45, 2.75) is 77.8 Å². The van der Waals surface area contributed by atoms with Gasteiger partial charge in [-0.15, -0.1) is 11.8 Å². The molecule has 4 heteroatoms. The van der Waals surface area contributed by atoms with Crippen LogP contribution in [0.3, 0.4) is 0 Å². The Hall–Kier alpha value is -1.28. The Morgan fingerprint density at radius 1 is 1.08 bits per heavy atom. The predicted octanol–water partition coefficient (Wildman–Crippen LogP) is 5.80. The smallest absolute Gasteiger partial charge is 0.192 e. The first kappa shape index (κ1) is 22.8. The highest BCUT2D eigenvalue weighted by atomic mass is 28.4. The van der Waals surface area contributed by atoms with Crippen LogP contribution in [-0.4, -0.2) is 28.1 Å². The van der Waals surface area contributed by atoms with Crippen LogP contribution in [0, 0.1) is 11.8 Å². The Morgan fingerprint density at radius 3 is 2.27 bits per heavy atom. The summed E-state index contributed by atoms with van der Waals surface area (Å²) in [6.07, 6.45) is 2.69. The van der Waals surface area contributed by atoms with E-state index in [1.165, 1.54) is 0 Å². The fourth-order valence-electron chi connectivity index (χ4n) is 2.23. The van der Waals surface area contributed by atoms with Crippen LogP contribution in [0.15, 0.2) is 24.3 Å². The average molecular weight is 377 g/mol. The molecule has 0 unspecified atom stereocenters. The highest BCUT2D eigenvalue weighted by molar-refractivity contribution is 6.74. The van der Waals surface area contributed by atoms with Crippen molar-refractivity contribution in [3.8, 4) is 17.6 Å². The molecule has 0 fully saturated rings. The van der Waals surface area contributed by atoms with E-state index >= 15 is 0 Å². The average Bonchev–Trinajstić information content (AvgIpc) is 2.58. The number of rotatable bonds is 9. The van der Waals surface area contributed by atoms with Gasteiger partial charge in [-0.05, 0) is 42.2 Å². The summed E-state index contributed by atoms with van der Waals surface area (Å²) < 4.78 is 17.6. The maximum Gasteiger partial charge on any atom is 0.192 e. The quantitative estimate of drug-likeness (QED) is 0.310. The summed E-state index contributed by atoms with van der Waals surface area (Å²) in [6.45, 7) is 14.8. The van der Waals surface area contributed by atoms with Crippen LogP contribution in [0.5, 0.6) is 5.75 Å². The van der Waals surface area contributed by atoms with E-state index in [9.17, 15) is 0 Å². The molecule has 0 heterocycles. The maximum absolute atomic E-state index is 6.57. The third-order valence-corrected chi connectivity index (χ3v) is 9.45. The van der Waals surface area contributed by atoms with Crippen molar-refractivity contribution in [1.82, 2.24) is 0 Å². The van der Waals surface area contributed by atoms with Gasteiger partial charge in [0, 0.05) is 19.4 Å². The largest absolute Gasteiger partial charge is 0.497 e. The zero-order chi connectivity index (χ0) is 19.6. The predicted molar refractivity (Wildman–Crippen MR) is 112 cm³/mol. The van der Waals surface area contributed by atoms with Crippen molar-refractivity contribution >= 4 is 8.32 Å². The topological polar surface area (TPSA) is 27.7 Å². The summed E-state index contributed by atoms with van der Waals surface area (Å²) >= 11 is 0. The van der Waals surface area contributed by atoms with Gasteiger partial charge in [0.15, 0.2) is 8.32 Å². The molecule has 0 N–H and O–H groups in total. The first-order valence-corrected chi connectivity index (χ1v) is 12.4. The van der Waals surface area contributed by atoms with Crippen LogP contribution in [0.25, 0.3) is 0 Å². The SMILES string of the molecule is CCC#CC[C@H](CCOCc1ccc(OC)cc1)O[Si](C)(C)C(C)(C)C. The first-order chi connectivity index (χ1) is 12.2. The second kappa shape index (κ2) is 10.8. The van der Waals surface area contributed by atoms with Gasteiger partial charge in [0.25, 0.3) is 0 Å². The molecular weight excluding hydrogens is 340 g/mol. The summed E-state index contributed by atoms with van der Waals surface area (Å²) in [5.41, 5.74) is 1.15. The van der Waals surface area contributed by atoms with Crippen molar-refractivity contribution in [3.05, 3.63) is 29.8 Å². The minimum atomic E-state index is -1.80. The van der Waals surface area contributed by atoms with Crippen molar-refractivity contribution < 1.29 is 13.9 Å². The lowest BCUT2D eigenvalue weighted by atomic mass is 10.2. The summed E-state index contributed by atoms with van der Waals surface area (Å²) in [6, 6.07) is 8.00. The van der Waals surface area contributed by atoms with Gasteiger partial charge in [-0.1, -0.05) is 39.8 Å². The summed E-state index contributed by atoms with van der Waals surface area (Å²) in [4.78, 5) is 0. The molecule has 0 aliphatic heterocycles. The number of ether oxygens (including phenoxy) is 2. The molecule has 0 bridgehead atoms. The molecule has 1 atom stereocenters. The van der Waals surface area contributed by atoms with E-state index in [1.54, 1.807) is 7.11 Å². The number of hydrogen-bond acceptors (Lipinski definition) is 3.